The van der Waals surface area contributed by atoms with E-state index in [-0.39, 0.29) is 11.7 Å². The van der Waals surface area contributed by atoms with E-state index in [4.69, 9.17) is 0 Å². The van der Waals surface area contributed by atoms with Crippen LogP contribution in [0.3, 0.4) is 0 Å². The zero-order valence-corrected chi connectivity index (χ0v) is 17.4. The molecule has 1 saturated heterocycles. The van der Waals surface area contributed by atoms with Crippen LogP contribution in [0.4, 0.5) is 0 Å². The summed E-state index contributed by atoms with van der Waals surface area (Å²) in [7, 11) is 0. The summed E-state index contributed by atoms with van der Waals surface area (Å²) in [4.78, 5) is 34.3. The van der Waals surface area contributed by atoms with Crippen LogP contribution in [0.5, 0.6) is 0 Å². The highest BCUT2D eigenvalue weighted by Crippen LogP contribution is 2.19. The van der Waals surface area contributed by atoms with Crippen molar-refractivity contribution in [2.45, 2.75) is 40.7 Å². The van der Waals surface area contributed by atoms with Crippen molar-refractivity contribution in [2.24, 2.45) is 0 Å². The molecule has 0 N–H and O–H groups in total. The molecule has 5 nitrogen and oxygen atoms in total. The molecule has 1 fully saturated rings. The van der Waals surface area contributed by atoms with E-state index in [0.717, 1.165) is 53.4 Å². The lowest BCUT2D eigenvalue weighted by atomic mass is 9.96. The van der Waals surface area contributed by atoms with Crippen molar-refractivity contribution < 1.29 is 9.59 Å². The number of rotatable bonds is 4. The lowest BCUT2D eigenvalue weighted by molar-refractivity contribution is -0.126. The van der Waals surface area contributed by atoms with Gasteiger partial charge in [0.1, 0.15) is 0 Å². The van der Waals surface area contributed by atoms with Gasteiger partial charge in [-0.1, -0.05) is 17.7 Å². The minimum Gasteiger partial charge on any atom is -0.334 e. The van der Waals surface area contributed by atoms with Gasteiger partial charge in [0.2, 0.25) is 0 Å². The molecule has 1 aromatic heterocycles. The highest BCUT2D eigenvalue weighted by Gasteiger charge is 2.27. The van der Waals surface area contributed by atoms with Crippen LogP contribution in [0.1, 0.15) is 44.2 Å². The van der Waals surface area contributed by atoms with Gasteiger partial charge in [0.25, 0.3) is 11.7 Å². The van der Waals surface area contributed by atoms with Crippen molar-refractivity contribution in [1.82, 2.24) is 14.8 Å². The van der Waals surface area contributed by atoms with Gasteiger partial charge < -0.3 is 4.90 Å². The van der Waals surface area contributed by atoms with Gasteiger partial charge in [-0.05, 0) is 45.2 Å². The maximum absolute atomic E-state index is 12.9. The number of amides is 1. The molecule has 2 aromatic rings. The average molecular weight is 386 g/mol. The van der Waals surface area contributed by atoms with Gasteiger partial charge >= 0.3 is 0 Å². The molecule has 0 spiro atoms. The first-order valence-electron chi connectivity index (χ1n) is 9.40. The van der Waals surface area contributed by atoms with Crippen LogP contribution >= 0.6 is 11.3 Å². The molecular formula is C21H27N3O2S. The summed E-state index contributed by atoms with van der Waals surface area (Å²) < 4.78 is 0. The Balaban J connectivity index is 1.66. The Hall–Kier alpha value is -2.05. The number of benzene rings is 1. The van der Waals surface area contributed by atoms with E-state index in [1.807, 2.05) is 39.8 Å². The molecule has 0 radical (unpaired) electrons. The van der Waals surface area contributed by atoms with E-state index in [2.05, 4.69) is 15.3 Å². The maximum atomic E-state index is 12.9. The van der Waals surface area contributed by atoms with Crippen molar-refractivity contribution in [2.75, 3.05) is 26.2 Å². The van der Waals surface area contributed by atoms with Crippen molar-refractivity contribution in [3.8, 4) is 0 Å². The van der Waals surface area contributed by atoms with Gasteiger partial charge in [-0.2, -0.15) is 0 Å². The number of Topliss-reactive ketones (excluding diaryl/α,β-unsaturated/α-hetero) is 1. The van der Waals surface area contributed by atoms with E-state index in [9.17, 15) is 9.59 Å². The van der Waals surface area contributed by atoms with Crippen molar-refractivity contribution in [3.05, 3.63) is 50.5 Å². The van der Waals surface area contributed by atoms with Crippen molar-refractivity contribution >= 4 is 23.0 Å². The molecule has 2 heterocycles. The van der Waals surface area contributed by atoms with Crippen LogP contribution in [0, 0.1) is 27.7 Å². The van der Waals surface area contributed by atoms with Crippen molar-refractivity contribution in [1.29, 1.82) is 0 Å². The number of thiazole rings is 1. The molecule has 144 valence electrons. The molecule has 6 heteroatoms. The summed E-state index contributed by atoms with van der Waals surface area (Å²) in [5, 5.41) is 3.17. The van der Waals surface area contributed by atoms with Crippen LogP contribution in [-0.4, -0.2) is 52.7 Å². The second kappa shape index (κ2) is 8.31. The number of hydrogen-bond donors (Lipinski definition) is 0. The highest BCUT2D eigenvalue weighted by molar-refractivity contribution is 7.09. The molecule has 0 bridgehead atoms. The quantitative estimate of drug-likeness (QED) is 0.599. The van der Waals surface area contributed by atoms with Crippen LogP contribution in [0.15, 0.2) is 17.5 Å². The minimum atomic E-state index is -0.381. The number of ketones is 1. The Kier molecular flexibility index (Phi) is 6.07. The van der Waals surface area contributed by atoms with Gasteiger partial charge in [0.15, 0.2) is 0 Å². The Morgan fingerprint density at radius 1 is 1.04 bits per heavy atom. The second-order valence-electron chi connectivity index (χ2n) is 7.38. The summed E-state index contributed by atoms with van der Waals surface area (Å²) in [6.07, 6.45) is 0.869. The first-order chi connectivity index (χ1) is 12.8. The van der Waals surface area contributed by atoms with E-state index < -0.39 is 0 Å². The third-order valence-corrected chi connectivity index (χ3v) is 5.85. The van der Waals surface area contributed by atoms with Crippen molar-refractivity contribution in [3.63, 3.8) is 0 Å². The molecule has 0 unspecified atom stereocenters. The molecule has 0 saturated carbocycles. The van der Waals surface area contributed by atoms with Gasteiger partial charge in [0.05, 0.1) is 10.7 Å². The summed E-state index contributed by atoms with van der Waals surface area (Å²) in [5.74, 6) is -0.759. The number of hydrogen-bond acceptors (Lipinski definition) is 5. The lowest BCUT2D eigenvalue weighted by Gasteiger charge is -2.21. The van der Waals surface area contributed by atoms with Gasteiger partial charge in [0, 0.05) is 43.7 Å². The SMILES string of the molecule is Cc1cc(C)c(C(=O)C(=O)N2CCCN(Cc3csc(C)n3)CC2)c(C)c1. The van der Waals surface area contributed by atoms with E-state index in [1.54, 1.807) is 16.2 Å². The Morgan fingerprint density at radius 2 is 1.74 bits per heavy atom. The Morgan fingerprint density at radius 3 is 2.37 bits per heavy atom. The molecule has 1 aromatic carbocycles. The number of aromatic nitrogens is 1. The van der Waals surface area contributed by atoms with E-state index in [0.29, 0.717) is 18.7 Å². The number of carbonyl (C=O) groups is 2. The fraction of sp³-hybridized carbons (Fsp3) is 0.476. The number of aryl methyl sites for hydroxylation is 4. The minimum absolute atomic E-state index is 0.378. The zero-order valence-electron chi connectivity index (χ0n) is 16.5. The molecule has 1 aliphatic rings. The van der Waals surface area contributed by atoms with Crippen LogP contribution in [-0.2, 0) is 11.3 Å². The monoisotopic (exact) mass is 385 g/mol. The van der Waals surface area contributed by atoms with Gasteiger partial charge in [-0.25, -0.2) is 4.98 Å². The molecule has 0 aliphatic carbocycles. The predicted molar refractivity (Wildman–Crippen MR) is 108 cm³/mol. The zero-order chi connectivity index (χ0) is 19.6. The van der Waals surface area contributed by atoms with Gasteiger partial charge in [-0.15, -0.1) is 11.3 Å². The summed E-state index contributed by atoms with van der Waals surface area (Å²) in [5.41, 5.74) is 4.50. The van der Waals surface area contributed by atoms with E-state index in [1.165, 1.54) is 0 Å². The molecule has 27 heavy (non-hydrogen) atoms. The first kappa shape index (κ1) is 19.7. The smallest absolute Gasteiger partial charge is 0.295 e. The lowest BCUT2D eigenvalue weighted by Crippen LogP contribution is -2.39. The normalized spacial score (nSPS) is 15.6. The number of nitrogens with zero attached hydrogens (tertiary/aromatic N) is 3. The summed E-state index contributed by atoms with van der Waals surface area (Å²) in [6, 6.07) is 3.93. The molecule has 1 amide bonds. The molecular weight excluding hydrogens is 358 g/mol. The largest absolute Gasteiger partial charge is 0.334 e. The standard InChI is InChI=1S/C21H27N3O2S/c1-14-10-15(2)19(16(3)11-14)20(25)21(26)24-7-5-6-23(8-9-24)12-18-13-27-17(4)22-18/h10-11,13H,5-9,12H2,1-4H3. The fourth-order valence-corrected chi connectivity index (χ4v) is 4.43. The second-order valence-corrected chi connectivity index (χ2v) is 8.44. The van der Waals surface area contributed by atoms with E-state index >= 15 is 0 Å². The molecule has 3 rings (SSSR count). The van der Waals surface area contributed by atoms with Crippen LogP contribution in [0.2, 0.25) is 0 Å². The number of carbonyl (C=O) groups excluding carboxylic acids is 2. The Labute approximate surface area is 165 Å². The topological polar surface area (TPSA) is 53.5 Å². The van der Waals surface area contributed by atoms with Crippen LogP contribution < -0.4 is 0 Å². The predicted octanol–water partition coefficient (Wildman–Crippen LogP) is 3.29. The third-order valence-electron chi connectivity index (χ3n) is 5.03. The summed E-state index contributed by atoms with van der Waals surface area (Å²) in [6.45, 7) is 11.5. The fourth-order valence-electron chi connectivity index (χ4n) is 3.83. The maximum Gasteiger partial charge on any atom is 0.295 e. The first-order valence-corrected chi connectivity index (χ1v) is 10.3. The Bertz CT molecular complexity index is 836. The molecule has 0 atom stereocenters. The van der Waals surface area contributed by atoms with Gasteiger partial charge in [-0.3, -0.25) is 14.5 Å². The third kappa shape index (κ3) is 4.62. The average Bonchev–Trinajstić information content (AvgIpc) is 2.86. The summed E-state index contributed by atoms with van der Waals surface area (Å²) >= 11 is 1.66. The van der Waals surface area contributed by atoms with Crippen LogP contribution in [0.25, 0.3) is 0 Å². The molecule has 1 aliphatic heterocycles. The highest BCUT2D eigenvalue weighted by atomic mass is 32.1.